The largest absolute Gasteiger partial charge is 0.490 e. The van der Waals surface area contributed by atoms with Crippen LogP contribution in [0.1, 0.15) is 23.7 Å². The highest BCUT2D eigenvalue weighted by Crippen LogP contribution is 2.33. The predicted molar refractivity (Wildman–Crippen MR) is 88.6 cm³/mol. The van der Waals surface area contributed by atoms with Crippen molar-refractivity contribution in [1.82, 2.24) is 4.98 Å². The van der Waals surface area contributed by atoms with Crippen LogP contribution in [0.15, 0.2) is 36.9 Å². The van der Waals surface area contributed by atoms with Crippen molar-refractivity contribution in [2.45, 2.75) is 13.3 Å². The summed E-state index contributed by atoms with van der Waals surface area (Å²) in [4.78, 5) is 4.17. The number of nitrogens with two attached hydrogens (primary N) is 1. The van der Waals surface area contributed by atoms with Crippen LogP contribution in [-0.4, -0.2) is 11.6 Å². The summed E-state index contributed by atoms with van der Waals surface area (Å²) in [5, 5.41) is 18.9. The lowest BCUT2D eigenvalue weighted by Crippen LogP contribution is -2.05. The fourth-order valence-corrected chi connectivity index (χ4v) is 2.31. The van der Waals surface area contributed by atoms with Crippen molar-refractivity contribution in [2.24, 2.45) is 0 Å². The average molecular weight is 304 g/mol. The minimum Gasteiger partial charge on any atom is -0.490 e. The molecule has 0 aliphatic heterocycles. The van der Waals surface area contributed by atoms with Gasteiger partial charge in [0.2, 0.25) is 0 Å². The molecule has 0 saturated heterocycles. The van der Waals surface area contributed by atoms with E-state index in [4.69, 9.17) is 10.5 Å². The Labute approximate surface area is 135 Å². The van der Waals surface area contributed by atoms with E-state index in [0.717, 1.165) is 5.56 Å². The van der Waals surface area contributed by atoms with Crippen LogP contribution >= 0.6 is 0 Å². The molecule has 2 N–H and O–H groups in total. The number of hydrogen-bond donors (Lipinski definition) is 1. The number of benzene rings is 1. The van der Waals surface area contributed by atoms with Gasteiger partial charge in [0.25, 0.3) is 0 Å². The van der Waals surface area contributed by atoms with Gasteiger partial charge >= 0.3 is 0 Å². The predicted octanol–water partition coefficient (Wildman–Crippen LogP) is 3.20. The zero-order valence-electron chi connectivity index (χ0n) is 12.8. The van der Waals surface area contributed by atoms with Crippen LogP contribution in [0.4, 0.5) is 5.82 Å². The number of nitriles is 2. The second kappa shape index (κ2) is 7.11. The number of aromatic nitrogens is 1. The first-order valence-electron chi connectivity index (χ1n) is 7.12. The summed E-state index contributed by atoms with van der Waals surface area (Å²) in [7, 11) is 0. The first-order valence-corrected chi connectivity index (χ1v) is 7.12. The Hall–Kier alpha value is -3.31. The van der Waals surface area contributed by atoms with Crippen LogP contribution in [0.5, 0.6) is 5.75 Å². The van der Waals surface area contributed by atoms with Crippen LogP contribution in [0.3, 0.4) is 0 Å². The van der Waals surface area contributed by atoms with Crippen molar-refractivity contribution >= 4 is 5.82 Å². The zero-order chi connectivity index (χ0) is 16.8. The van der Waals surface area contributed by atoms with Crippen molar-refractivity contribution in [3.63, 3.8) is 0 Å². The lowest BCUT2D eigenvalue weighted by molar-refractivity contribution is 0.363. The summed E-state index contributed by atoms with van der Waals surface area (Å²) in [5.41, 5.74) is 8.34. The fraction of sp³-hybridized carbons (Fsp3) is 0.167. The van der Waals surface area contributed by atoms with Crippen molar-refractivity contribution in [1.29, 1.82) is 10.5 Å². The highest BCUT2D eigenvalue weighted by molar-refractivity contribution is 5.81. The Morgan fingerprint density at radius 3 is 2.39 bits per heavy atom. The first-order chi connectivity index (χ1) is 11.2. The average Bonchev–Trinajstić information content (AvgIpc) is 2.59. The van der Waals surface area contributed by atoms with Gasteiger partial charge in [-0.1, -0.05) is 31.7 Å². The molecule has 0 unspecified atom stereocenters. The summed E-state index contributed by atoms with van der Waals surface area (Å²) in [6.07, 6.45) is 2.22. The van der Waals surface area contributed by atoms with E-state index in [9.17, 15) is 10.5 Å². The molecule has 0 radical (unpaired) electrons. The van der Waals surface area contributed by atoms with Gasteiger partial charge < -0.3 is 10.5 Å². The minimum atomic E-state index is 0.144. The number of ether oxygens (including phenoxy) is 1. The molecular weight excluding hydrogens is 288 g/mol. The molecule has 0 bridgehead atoms. The van der Waals surface area contributed by atoms with Gasteiger partial charge in [0.1, 0.15) is 35.9 Å². The van der Waals surface area contributed by atoms with Gasteiger partial charge in [-0.3, -0.25) is 0 Å². The van der Waals surface area contributed by atoms with Crippen molar-refractivity contribution in [2.75, 3.05) is 12.3 Å². The van der Waals surface area contributed by atoms with Crippen molar-refractivity contribution < 1.29 is 4.74 Å². The molecule has 0 fully saturated rings. The molecule has 1 aromatic heterocycles. The third-order valence-electron chi connectivity index (χ3n) is 3.37. The van der Waals surface area contributed by atoms with E-state index in [0.29, 0.717) is 35.6 Å². The Bertz CT molecular complexity index is 811. The van der Waals surface area contributed by atoms with Gasteiger partial charge in [-0.25, -0.2) is 4.98 Å². The van der Waals surface area contributed by atoms with E-state index in [1.807, 2.05) is 6.92 Å². The standard InChI is InChI=1S/C18H16N4O/c1-3-9-23-13-7-5-12(6-8-13)17-14(10-19)16(4-2)22-18(21)15(17)11-20/h3,5-8H,1,4,9H2,2H3,(H2,21,22). The fourth-order valence-electron chi connectivity index (χ4n) is 2.31. The van der Waals surface area contributed by atoms with Crippen molar-refractivity contribution in [3.05, 3.63) is 53.7 Å². The van der Waals surface area contributed by atoms with Crippen LogP contribution in [0.25, 0.3) is 11.1 Å². The monoisotopic (exact) mass is 304 g/mol. The van der Waals surface area contributed by atoms with E-state index in [1.165, 1.54) is 0 Å². The van der Waals surface area contributed by atoms with E-state index in [-0.39, 0.29) is 11.4 Å². The molecule has 114 valence electrons. The van der Waals surface area contributed by atoms with Gasteiger partial charge in [0.15, 0.2) is 0 Å². The van der Waals surface area contributed by atoms with Gasteiger partial charge in [0, 0.05) is 5.56 Å². The summed E-state index contributed by atoms with van der Waals surface area (Å²) < 4.78 is 5.44. The van der Waals surface area contributed by atoms with Gasteiger partial charge in [0.05, 0.1) is 11.3 Å². The summed E-state index contributed by atoms with van der Waals surface area (Å²) in [6, 6.07) is 11.4. The van der Waals surface area contributed by atoms with Crippen LogP contribution < -0.4 is 10.5 Å². The van der Waals surface area contributed by atoms with Gasteiger partial charge in [-0.15, -0.1) is 0 Å². The molecule has 0 spiro atoms. The van der Waals surface area contributed by atoms with Crippen molar-refractivity contribution in [3.8, 4) is 29.0 Å². The normalized spacial score (nSPS) is 9.70. The lowest BCUT2D eigenvalue weighted by atomic mass is 9.94. The van der Waals surface area contributed by atoms with Gasteiger partial charge in [-0.2, -0.15) is 10.5 Å². The Balaban J connectivity index is 2.62. The second-order valence-electron chi connectivity index (χ2n) is 4.77. The lowest BCUT2D eigenvalue weighted by Gasteiger charge is -2.13. The zero-order valence-corrected chi connectivity index (χ0v) is 12.8. The molecular formula is C18H16N4O. The first kappa shape index (κ1) is 16.1. The molecule has 5 heteroatoms. The number of rotatable bonds is 5. The molecule has 23 heavy (non-hydrogen) atoms. The Morgan fingerprint density at radius 1 is 1.22 bits per heavy atom. The number of aryl methyl sites for hydroxylation is 1. The maximum Gasteiger partial charge on any atom is 0.142 e. The molecule has 0 atom stereocenters. The summed E-state index contributed by atoms with van der Waals surface area (Å²) >= 11 is 0. The van der Waals surface area contributed by atoms with E-state index in [1.54, 1.807) is 30.3 Å². The molecule has 0 aliphatic carbocycles. The molecule has 0 saturated carbocycles. The molecule has 2 aromatic rings. The van der Waals surface area contributed by atoms with Crippen LogP contribution in [-0.2, 0) is 6.42 Å². The Morgan fingerprint density at radius 2 is 1.87 bits per heavy atom. The SMILES string of the molecule is C=CCOc1ccc(-c2c(C#N)c(N)nc(CC)c2C#N)cc1. The highest BCUT2D eigenvalue weighted by atomic mass is 16.5. The quantitative estimate of drug-likeness (QED) is 0.856. The summed E-state index contributed by atoms with van der Waals surface area (Å²) in [5.74, 6) is 0.828. The van der Waals surface area contributed by atoms with Crippen LogP contribution in [0, 0.1) is 22.7 Å². The molecule has 1 heterocycles. The maximum atomic E-state index is 9.50. The molecule has 2 rings (SSSR count). The van der Waals surface area contributed by atoms with E-state index < -0.39 is 0 Å². The number of nitrogen functional groups attached to an aromatic ring is 1. The molecule has 1 aromatic carbocycles. The van der Waals surface area contributed by atoms with Crippen LogP contribution in [0.2, 0.25) is 0 Å². The van der Waals surface area contributed by atoms with E-state index >= 15 is 0 Å². The number of nitrogens with zero attached hydrogens (tertiary/aromatic N) is 3. The minimum absolute atomic E-state index is 0.144. The number of anilines is 1. The number of pyridine rings is 1. The smallest absolute Gasteiger partial charge is 0.142 e. The molecule has 0 amide bonds. The third kappa shape index (κ3) is 3.14. The second-order valence-corrected chi connectivity index (χ2v) is 4.77. The third-order valence-corrected chi connectivity index (χ3v) is 3.37. The molecule has 5 nitrogen and oxygen atoms in total. The Kier molecular flexibility index (Phi) is 4.96. The number of hydrogen-bond acceptors (Lipinski definition) is 5. The van der Waals surface area contributed by atoms with E-state index in [2.05, 4.69) is 23.7 Å². The highest BCUT2D eigenvalue weighted by Gasteiger charge is 2.19. The summed E-state index contributed by atoms with van der Waals surface area (Å²) in [6.45, 7) is 5.90. The molecule has 0 aliphatic rings. The van der Waals surface area contributed by atoms with Gasteiger partial charge in [-0.05, 0) is 24.1 Å². The topological polar surface area (TPSA) is 95.7 Å². The maximum absolute atomic E-state index is 9.50.